The summed E-state index contributed by atoms with van der Waals surface area (Å²) in [6.07, 6.45) is 6.95. The van der Waals surface area contributed by atoms with E-state index in [4.69, 9.17) is 10.7 Å². The summed E-state index contributed by atoms with van der Waals surface area (Å²) in [5.74, 6) is 0.675. The van der Waals surface area contributed by atoms with Gasteiger partial charge in [0.2, 0.25) is 0 Å². The number of aromatic nitrogens is 1. The summed E-state index contributed by atoms with van der Waals surface area (Å²) in [5.41, 5.74) is 13.3. The van der Waals surface area contributed by atoms with Gasteiger partial charge < -0.3 is 5.73 Å². The number of fused-ring (bicyclic) bond motifs is 3. The summed E-state index contributed by atoms with van der Waals surface area (Å²) in [5, 5.41) is 0. The standard InChI is InChI=1S/C26H22N4O/c27-26(12-4-13-26)19-9-7-18(8-10-19)24-20(17-5-2-1-3-6-17)15-21-22(29-24)11-14-30-23(31)16-28-25(21)30/h1-3,5-11,14-15H,4,12-13,16,27H2. The van der Waals surface area contributed by atoms with Gasteiger partial charge in [0.25, 0.3) is 5.91 Å². The minimum Gasteiger partial charge on any atom is -0.321 e. The van der Waals surface area contributed by atoms with Gasteiger partial charge in [-0.3, -0.25) is 14.7 Å². The van der Waals surface area contributed by atoms with E-state index in [1.807, 2.05) is 24.3 Å². The van der Waals surface area contributed by atoms with Crippen molar-refractivity contribution in [3.8, 4) is 22.4 Å². The summed E-state index contributed by atoms with van der Waals surface area (Å²) in [7, 11) is 0. The number of amides is 1. The summed E-state index contributed by atoms with van der Waals surface area (Å²) >= 11 is 0. The van der Waals surface area contributed by atoms with Crippen LogP contribution in [0.4, 0.5) is 0 Å². The Bertz CT molecular complexity index is 1250. The fourth-order valence-electron chi connectivity index (χ4n) is 4.62. The Morgan fingerprint density at radius 1 is 0.935 bits per heavy atom. The van der Waals surface area contributed by atoms with Crippen molar-refractivity contribution in [2.45, 2.75) is 24.8 Å². The molecule has 1 fully saturated rings. The number of hydrogen-bond acceptors (Lipinski definition) is 4. The Balaban J connectivity index is 1.51. The second-order valence-electron chi connectivity index (χ2n) is 8.49. The number of nitrogens with two attached hydrogens (primary N) is 1. The summed E-state index contributed by atoms with van der Waals surface area (Å²) in [6, 6.07) is 20.9. The monoisotopic (exact) mass is 406 g/mol. The maximum Gasteiger partial charge on any atom is 0.253 e. The van der Waals surface area contributed by atoms with E-state index in [2.05, 4.69) is 47.5 Å². The Hall–Kier alpha value is -3.57. The van der Waals surface area contributed by atoms with E-state index in [0.29, 0.717) is 5.84 Å². The molecule has 3 aliphatic rings. The molecule has 1 amide bonds. The van der Waals surface area contributed by atoms with Gasteiger partial charge in [-0.05, 0) is 42.5 Å². The van der Waals surface area contributed by atoms with Gasteiger partial charge in [0.1, 0.15) is 12.4 Å². The number of carbonyl (C=O) groups is 1. The highest BCUT2D eigenvalue weighted by Gasteiger charge is 2.34. The Morgan fingerprint density at radius 3 is 2.42 bits per heavy atom. The highest BCUT2D eigenvalue weighted by Crippen LogP contribution is 2.40. The van der Waals surface area contributed by atoms with Crippen molar-refractivity contribution in [2.75, 3.05) is 6.54 Å². The lowest BCUT2D eigenvalue weighted by Gasteiger charge is -2.38. The second kappa shape index (κ2) is 6.72. The van der Waals surface area contributed by atoms with Crippen LogP contribution in [0.3, 0.4) is 0 Å². The molecule has 0 saturated heterocycles. The molecule has 31 heavy (non-hydrogen) atoms. The first-order valence-electron chi connectivity index (χ1n) is 10.7. The molecule has 0 radical (unpaired) electrons. The largest absolute Gasteiger partial charge is 0.321 e. The van der Waals surface area contributed by atoms with Crippen molar-refractivity contribution >= 4 is 17.8 Å². The lowest BCUT2D eigenvalue weighted by Crippen LogP contribution is -2.43. The van der Waals surface area contributed by atoms with Crippen LogP contribution in [0.15, 0.2) is 71.9 Å². The highest BCUT2D eigenvalue weighted by atomic mass is 16.2. The molecular formula is C26H22N4O. The number of nitrogens with zero attached hydrogens (tertiary/aromatic N) is 3. The fourth-order valence-corrected chi connectivity index (χ4v) is 4.62. The number of pyridine rings is 1. The van der Waals surface area contributed by atoms with Crippen molar-refractivity contribution in [3.63, 3.8) is 0 Å². The quantitative estimate of drug-likeness (QED) is 0.704. The number of hydrogen-bond donors (Lipinski definition) is 1. The van der Waals surface area contributed by atoms with Crippen LogP contribution in [0, 0.1) is 0 Å². The molecule has 0 unspecified atom stereocenters. The number of carbonyl (C=O) groups excluding carboxylic acids is 1. The van der Waals surface area contributed by atoms with E-state index in [1.54, 1.807) is 11.1 Å². The van der Waals surface area contributed by atoms with Crippen LogP contribution in [-0.4, -0.2) is 28.2 Å². The SMILES string of the molecule is NC1(c2ccc(-c3nc4c(cc3-c3ccccc3)C3=NCC(=O)N3C=C4)cc2)CCC1. The lowest BCUT2D eigenvalue weighted by molar-refractivity contribution is -0.123. The van der Waals surface area contributed by atoms with Crippen LogP contribution in [-0.2, 0) is 10.3 Å². The van der Waals surface area contributed by atoms with Crippen LogP contribution in [0.25, 0.3) is 28.5 Å². The first kappa shape index (κ1) is 18.2. The molecule has 0 spiro atoms. The average Bonchev–Trinajstić information content (AvgIpc) is 3.18. The van der Waals surface area contributed by atoms with Crippen LogP contribution in [0.5, 0.6) is 0 Å². The van der Waals surface area contributed by atoms with Gasteiger partial charge in [-0.1, -0.05) is 54.6 Å². The van der Waals surface area contributed by atoms with Crippen LogP contribution < -0.4 is 5.73 Å². The van der Waals surface area contributed by atoms with Crippen molar-refractivity contribution in [1.82, 2.24) is 9.88 Å². The molecule has 1 aliphatic carbocycles. The molecule has 0 bridgehead atoms. The van der Waals surface area contributed by atoms with E-state index < -0.39 is 0 Å². The summed E-state index contributed by atoms with van der Waals surface area (Å²) in [4.78, 5) is 23.2. The van der Waals surface area contributed by atoms with Crippen molar-refractivity contribution in [3.05, 3.63) is 83.7 Å². The maximum absolute atomic E-state index is 12.1. The summed E-state index contributed by atoms with van der Waals surface area (Å²) < 4.78 is 0. The van der Waals surface area contributed by atoms with Gasteiger partial charge in [-0.25, -0.2) is 4.98 Å². The second-order valence-corrected chi connectivity index (χ2v) is 8.49. The van der Waals surface area contributed by atoms with Gasteiger partial charge in [0, 0.05) is 28.4 Å². The molecule has 2 aromatic carbocycles. The van der Waals surface area contributed by atoms with Crippen LogP contribution in [0.2, 0.25) is 0 Å². The molecule has 2 aliphatic heterocycles. The highest BCUT2D eigenvalue weighted by molar-refractivity contribution is 6.16. The van der Waals surface area contributed by atoms with Gasteiger partial charge >= 0.3 is 0 Å². The Morgan fingerprint density at radius 2 is 1.71 bits per heavy atom. The smallest absolute Gasteiger partial charge is 0.253 e. The van der Waals surface area contributed by atoms with Crippen LogP contribution >= 0.6 is 0 Å². The van der Waals surface area contributed by atoms with E-state index in [-0.39, 0.29) is 18.0 Å². The Labute approximate surface area is 180 Å². The first-order valence-corrected chi connectivity index (χ1v) is 10.7. The number of aliphatic imine (C=N–C) groups is 1. The van der Waals surface area contributed by atoms with E-state index in [1.165, 1.54) is 12.0 Å². The lowest BCUT2D eigenvalue weighted by atomic mass is 9.72. The van der Waals surface area contributed by atoms with E-state index in [0.717, 1.165) is 46.5 Å². The minimum absolute atomic E-state index is 0.00969. The van der Waals surface area contributed by atoms with Crippen molar-refractivity contribution in [2.24, 2.45) is 10.7 Å². The zero-order chi connectivity index (χ0) is 21.0. The van der Waals surface area contributed by atoms with Gasteiger partial charge in [0.05, 0.1) is 11.4 Å². The Kier molecular flexibility index (Phi) is 3.95. The zero-order valence-electron chi connectivity index (χ0n) is 17.1. The fraction of sp³-hybridized carbons (Fsp3) is 0.192. The summed E-state index contributed by atoms with van der Waals surface area (Å²) in [6.45, 7) is 0.184. The first-order chi connectivity index (χ1) is 15.1. The molecule has 152 valence electrons. The number of amidine groups is 1. The number of rotatable bonds is 3. The van der Waals surface area contributed by atoms with E-state index >= 15 is 0 Å². The maximum atomic E-state index is 12.1. The minimum atomic E-state index is -0.177. The molecule has 0 atom stereocenters. The molecule has 5 nitrogen and oxygen atoms in total. The third kappa shape index (κ3) is 2.85. The van der Waals surface area contributed by atoms with E-state index in [9.17, 15) is 4.79 Å². The number of benzene rings is 2. The normalized spacial score (nSPS) is 18.3. The molecule has 5 heteroatoms. The van der Waals surface area contributed by atoms with Crippen molar-refractivity contribution in [1.29, 1.82) is 0 Å². The van der Waals surface area contributed by atoms with Gasteiger partial charge in [-0.2, -0.15) is 0 Å². The zero-order valence-corrected chi connectivity index (χ0v) is 17.1. The molecular weight excluding hydrogens is 384 g/mol. The van der Waals surface area contributed by atoms with Crippen molar-refractivity contribution < 1.29 is 4.79 Å². The predicted molar refractivity (Wildman–Crippen MR) is 122 cm³/mol. The molecule has 3 aromatic rings. The molecule has 2 N–H and O–H groups in total. The van der Waals surface area contributed by atoms with Crippen LogP contribution in [0.1, 0.15) is 36.1 Å². The molecule has 6 rings (SSSR count). The third-order valence-corrected chi connectivity index (χ3v) is 6.60. The van der Waals surface area contributed by atoms with Gasteiger partial charge in [-0.15, -0.1) is 0 Å². The molecule has 1 aromatic heterocycles. The van der Waals surface area contributed by atoms with Gasteiger partial charge in [0.15, 0.2) is 0 Å². The molecule has 3 heterocycles. The topological polar surface area (TPSA) is 71.6 Å². The predicted octanol–water partition coefficient (Wildman–Crippen LogP) is 4.33. The molecule has 1 saturated carbocycles. The third-order valence-electron chi connectivity index (χ3n) is 6.60. The average molecular weight is 406 g/mol.